The molecule has 0 fully saturated rings. The van der Waals surface area contributed by atoms with Gasteiger partial charge in [0.1, 0.15) is 16.6 Å². The van der Waals surface area contributed by atoms with Gasteiger partial charge in [-0.05, 0) is 5.56 Å². The van der Waals surface area contributed by atoms with Gasteiger partial charge in [0.25, 0.3) is 0 Å². The van der Waals surface area contributed by atoms with Gasteiger partial charge in [-0.25, -0.2) is 0 Å². The molecule has 0 saturated heterocycles. The van der Waals surface area contributed by atoms with Crippen molar-refractivity contribution in [3.8, 4) is 10.6 Å². The number of aliphatic hydroxyl groups excluding tert-OH is 1. The molecule has 5 heteroatoms. The minimum Gasteiger partial charge on any atom is -0.388 e. The Labute approximate surface area is 132 Å². The van der Waals surface area contributed by atoms with Crippen molar-refractivity contribution in [3.63, 3.8) is 0 Å². The van der Waals surface area contributed by atoms with Crippen molar-refractivity contribution in [1.82, 2.24) is 10.2 Å². The van der Waals surface area contributed by atoms with E-state index in [0.717, 1.165) is 21.1 Å². The van der Waals surface area contributed by atoms with Crippen LogP contribution in [0, 0.1) is 0 Å². The standard InChI is InChI=1S/C17H14N2O2S/c20-11-15(21)13-8-6-12(7-9-13)10-16-18-19-17(22-16)14-4-2-1-3-5-14/h1-9,20H,10-11H2. The van der Waals surface area contributed by atoms with Crippen LogP contribution in [0.2, 0.25) is 0 Å². The topological polar surface area (TPSA) is 63.1 Å². The van der Waals surface area contributed by atoms with Crippen LogP contribution in [0.15, 0.2) is 54.6 Å². The summed E-state index contributed by atoms with van der Waals surface area (Å²) < 4.78 is 0. The van der Waals surface area contributed by atoms with Crippen LogP contribution in [0.1, 0.15) is 20.9 Å². The van der Waals surface area contributed by atoms with E-state index in [2.05, 4.69) is 10.2 Å². The number of Topliss-reactive ketones (excluding diaryl/α,β-unsaturated/α-hetero) is 1. The average molecular weight is 310 g/mol. The van der Waals surface area contributed by atoms with Crippen molar-refractivity contribution in [2.75, 3.05) is 6.61 Å². The molecule has 2 aromatic carbocycles. The molecule has 0 bridgehead atoms. The maximum absolute atomic E-state index is 11.4. The van der Waals surface area contributed by atoms with Crippen molar-refractivity contribution in [1.29, 1.82) is 0 Å². The van der Waals surface area contributed by atoms with Crippen LogP contribution in [-0.2, 0) is 6.42 Å². The van der Waals surface area contributed by atoms with E-state index in [-0.39, 0.29) is 5.78 Å². The van der Waals surface area contributed by atoms with E-state index in [4.69, 9.17) is 5.11 Å². The Balaban J connectivity index is 1.74. The van der Waals surface area contributed by atoms with Gasteiger partial charge in [-0.2, -0.15) is 0 Å². The third-order valence-electron chi connectivity index (χ3n) is 3.26. The number of carbonyl (C=O) groups is 1. The molecule has 3 aromatic rings. The van der Waals surface area contributed by atoms with Crippen LogP contribution in [0.5, 0.6) is 0 Å². The van der Waals surface area contributed by atoms with Crippen LogP contribution in [0.3, 0.4) is 0 Å². The van der Waals surface area contributed by atoms with Gasteiger partial charge in [0.05, 0.1) is 0 Å². The third kappa shape index (κ3) is 3.27. The molecule has 0 atom stereocenters. The Morgan fingerprint density at radius 3 is 2.41 bits per heavy atom. The zero-order chi connectivity index (χ0) is 15.4. The number of carbonyl (C=O) groups excluding carboxylic acids is 1. The molecule has 0 amide bonds. The Morgan fingerprint density at radius 2 is 1.73 bits per heavy atom. The number of hydrogen-bond acceptors (Lipinski definition) is 5. The molecule has 0 unspecified atom stereocenters. The van der Waals surface area contributed by atoms with Gasteiger partial charge >= 0.3 is 0 Å². The molecule has 0 aliphatic rings. The minimum absolute atomic E-state index is 0.270. The normalized spacial score (nSPS) is 10.6. The number of rotatable bonds is 5. The second-order valence-corrected chi connectivity index (χ2v) is 5.88. The predicted octanol–water partition coefficient (Wildman–Crippen LogP) is 2.97. The van der Waals surface area contributed by atoms with Gasteiger partial charge < -0.3 is 5.11 Å². The number of benzene rings is 2. The molecule has 1 N–H and O–H groups in total. The number of ketones is 1. The zero-order valence-corrected chi connectivity index (χ0v) is 12.6. The highest BCUT2D eigenvalue weighted by Crippen LogP contribution is 2.24. The van der Waals surface area contributed by atoms with Crippen LogP contribution < -0.4 is 0 Å². The van der Waals surface area contributed by atoms with E-state index in [0.29, 0.717) is 12.0 Å². The van der Waals surface area contributed by atoms with Gasteiger partial charge in [-0.3, -0.25) is 4.79 Å². The van der Waals surface area contributed by atoms with Gasteiger partial charge in [0.2, 0.25) is 0 Å². The highest BCUT2D eigenvalue weighted by Gasteiger charge is 2.08. The second-order valence-electron chi connectivity index (χ2n) is 4.82. The van der Waals surface area contributed by atoms with E-state index in [1.807, 2.05) is 42.5 Å². The summed E-state index contributed by atoms with van der Waals surface area (Å²) in [4.78, 5) is 11.4. The lowest BCUT2D eigenvalue weighted by atomic mass is 10.1. The maximum Gasteiger partial charge on any atom is 0.188 e. The first-order valence-corrected chi connectivity index (χ1v) is 7.69. The summed E-state index contributed by atoms with van der Waals surface area (Å²) in [7, 11) is 0. The molecule has 22 heavy (non-hydrogen) atoms. The first-order valence-electron chi connectivity index (χ1n) is 6.87. The fourth-order valence-corrected chi connectivity index (χ4v) is 2.98. The molecule has 0 aliphatic carbocycles. The third-order valence-corrected chi connectivity index (χ3v) is 4.23. The summed E-state index contributed by atoms with van der Waals surface area (Å²) in [6.45, 7) is -0.462. The average Bonchev–Trinajstić information content (AvgIpc) is 3.04. The molecular weight excluding hydrogens is 296 g/mol. The van der Waals surface area contributed by atoms with Crippen molar-refractivity contribution in [3.05, 3.63) is 70.7 Å². The van der Waals surface area contributed by atoms with E-state index in [1.54, 1.807) is 23.5 Å². The zero-order valence-electron chi connectivity index (χ0n) is 11.8. The first kappa shape index (κ1) is 14.6. The largest absolute Gasteiger partial charge is 0.388 e. The Morgan fingerprint density at radius 1 is 1.00 bits per heavy atom. The summed E-state index contributed by atoms with van der Waals surface area (Å²) in [5.41, 5.74) is 2.65. The highest BCUT2D eigenvalue weighted by atomic mass is 32.1. The lowest BCUT2D eigenvalue weighted by Gasteiger charge is -2.00. The number of hydrogen-bond donors (Lipinski definition) is 1. The molecule has 3 rings (SSSR count). The second kappa shape index (κ2) is 6.60. The molecular formula is C17H14N2O2S. The lowest BCUT2D eigenvalue weighted by molar-refractivity contribution is 0.0904. The summed E-state index contributed by atoms with van der Waals surface area (Å²) in [5, 5.41) is 19.1. The summed E-state index contributed by atoms with van der Waals surface area (Å²) in [6.07, 6.45) is 0.679. The van der Waals surface area contributed by atoms with Crippen LogP contribution in [0.4, 0.5) is 0 Å². The molecule has 0 spiro atoms. The fraction of sp³-hybridized carbons (Fsp3) is 0.118. The monoisotopic (exact) mass is 310 g/mol. The van der Waals surface area contributed by atoms with Crippen LogP contribution in [-0.4, -0.2) is 27.7 Å². The number of aliphatic hydroxyl groups is 1. The van der Waals surface area contributed by atoms with Gasteiger partial charge in [0, 0.05) is 17.5 Å². The Bertz CT molecular complexity index is 767. The van der Waals surface area contributed by atoms with E-state index in [1.165, 1.54) is 0 Å². The molecule has 0 aliphatic heterocycles. The van der Waals surface area contributed by atoms with Crippen LogP contribution in [0.25, 0.3) is 10.6 Å². The number of nitrogens with zero attached hydrogens (tertiary/aromatic N) is 2. The number of aromatic nitrogens is 2. The highest BCUT2D eigenvalue weighted by molar-refractivity contribution is 7.14. The first-order chi connectivity index (χ1) is 10.8. The fourth-order valence-electron chi connectivity index (χ4n) is 2.10. The van der Waals surface area contributed by atoms with Crippen molar-refractivity contribution >= 4 is 17.1 Å². The molecule has 1 heterocycles. The van der Waals surface area contributed by atoms with Gasteiger partial charge in [-0.1, -0.05) is 65.9 Å². The van der Waals surface area contributed by atoms with Gasteiger partial charge in [-0.15, -0.1) is 10.2 Å². The predicted molar refractivity (Wildman–Crippen MR) is 86.0 cm³/mol. The van der Waals surface area contributed by atoms with Crippen LogP contribution >= 0.6 is 11.3 Å². The molecule has 1 aromatic heterocycles. The Hall–Kier alpha value is -2.37. The minimum atomic E-state index is -0.462. The molecule has 0 radical (unpaired) electrons. The van der Waals surface area contributed by atoms with Gasteiger partial charge in [0.15, 0.2) is 5.78 Å². The van der Waals surface area contributed by atoms with E-state index >= 15 is 0 Å². The van der Waals surface area contributed by atoms with Crippen molar-refractivity contribution in [2.45, 2.75) is 6.42 Å². The summed E-state index contributed by atoms with van der Waals surface area (Å²) >= 11 is 1.57. The summed E-state index contributed by atoms with van der Waals surface area (Å²) in [5.74, 6) is -0.270. The lowest BCUT2D eigenvalue weighted by Crippen LogP contribution is -2.04. The summed E-state index contributed by atoms with van der Waals surface area (Å²) in [6, 6.07) is 17.2. The SMILES string of the molecule is O=C(CO)c1ccc(Cc2nnc(-c3ccccc3)s2)cc1. The van der Waals surface area contributed by atoms with E-state index in [9.17, 15) is 4.79 Å². The molecule has 0 saturated carbocycles. The quantitative estimate of drug-likeness (QED) is 0.736. The molecule has 110 valence electrons. The van der Waals surface area contributed by atoms with Crippen molar-refractivity contribution < 1.29 is 9.90 Å². The van der Waals surface area contributed by atoms with E-state index < -0.39 is 6.61 Å². The maximum atomic E-state index is 11.4. The smallest absolute Gasteiger partial charge is 0.188 e. The van der Waals surface area contributed by atoms with Crippen molar-refractivity contribution in [2.24, 2.45) is 0 Å². The molecule has 4 nitrogen and oxygen atoms in total. The Kier molecular flexibility index (Phi) is 4.37.